The number of nitrogens with zero attached hydrogens (tertiary/aromatic N) is 2. The number of hydrogen-bond donors (Lipinski definition) is 1. The van der Waals surface area contributed by atoms with Gasteiger partial charge in [0.05, 0.1) is 16.5 Å². The normalized spacial score (nSPS) is 17.8. The van der Waals surface area contributed by atoms with E-state index in [-0.39, 0.29) is 17.2 Å². The number of aromatic carboxylic acids is 1. The van der Waals surface area contributed by atoms with Gasteiger partial charge >= 0.3 is 5.97 Å². The zero-order valence-corrected chi connectivity index (χ0v) is 13.6. The van der Waals surface area contributed by atoms with E-state index in [9.17, 15) is 9.59 Å². The fourth-order valence-corrected chi connectivity index (χ4v) is 3.34. The first kappa shape index (κ1) is 15.3. The summed E-state index contributed by atoms with van der Waals surface area (Å²) < 4.78 is 1.67. The van der Waals surface area contributed by atoms with Gasteiger partial charge in [0.1, 0.15) is 5.82 Å². The summed E-state index contributed by atoms with van der Waals surface area (Å²) in [6.07, 6.45) is 2.78. The highest BCUT2D eigenvalue weighted by molar-refractivity contribution is 5.93. The smallest absolute Gasteiger partial charge is 0.335 e. The lowest BCUT2D eigenvalue weighted by atomic mass is 10.1. The van der Waals surface area contributed by atoms with Gasteiger partial charge in [0.2, 0.25) is 0 Å². The van der Waals surface area contributed by atoms with Crippen LogP contribution >= 0.6 is 0 Å². The second-order valence-electron chi connectivity index (χ2n) is 6.28. The van der Waals surface area contributed by atoms with E-state index in [2.05, 4.69) is 11.1 Å². The monoisotopic (exact) mass is 332 g/mol. The minimum atomic E-state index is -1.05. The summed E-state index contributed by atoms with van der Waals surface area (Å²) in [5.74, 6) is -0.388. The summed E-state index contributed by atoms with van der Waals surface area (Å²) in [7, 11) is 0. The molecule has 1 aromatic heterocycles. The van der Waals surface area contributed by atoms with E-state index in [1.54, 1.807) is 10.6 Å². The van der Waals surface area contributed by atoms with Crippen LogP contribution in [0.25, 0.3) is 22.6 Å². The van der Waals surface area contributed by atoms with Gasteiger partial charge in [-0.3, -0.25) is 9.36 Å². The van der Waals surface area contributed by atoms with Crippen LogP contribution < -0.4 is 5.56 Å². The topological polar surface area (TPSA) is 72.2 Å². The molecule has 1 unspecified atom stereocenters. The third-order valence-electron chi connectivity index (χ3n) is 4.53. The quantitative estimate of drug-likeness (QED) is 0.778. The maximum absolute atomic E-state index is 12.9. The predicted octanol–water partition coefficient (Wildman–Crippen LogP) is 3.60. The third-order valence-corrected chi connectivity index (χ3v) is 4.53. The van der Waals surface area contributed by atoms with Gasteiger partial charge in [-0.25, -0.2) is 9.78 Å². The second-order valence-corrected chi connectivity index (χ2v) is 6.28. The fourth-order valence-electron chi connectivity index (χ4n) is 3.34. The molecule has 25 heavy (non-hydrogen) atoms. The molecule has 0 bridgehead atoms. The Hall–Kier alpha value is -3.21. The maximum Gasteiger partial charge on any atom is 0.335 e. The van der Waals surface area contributed by atoms with E-state index in [0.717, 1.165) is 17.6 Å². The van der Waals surface area contributed by atoms with Crippen molar-refractivity contribution in [2.75, 3.05) is 0 Å². The lowest BCUT2D eigenvalue weighted by Gasteiger charge is -2.09. The number of carboxylic acids is 1. The van der Waals surface area contributed by atoms with Crippen LogP contribution in [0.1, 0.15) is 41.1 Å². The molecular weight excluding hydrogens is 316 g/mol. The molecule has 0 saturated heterocycles. The molecule has 0 amide bonds. The minimum Gasteiger partial charge on any atom is -0.478 e. The van der Waals surface area contributed by atoms with Gasteiger partial charge in [-0.05, 0) is 48.8 Å². The highest BCUT2D eigenvalue weighted by Gasteiger charge is 2.26. The Bertz CT molecular complexity index is 1080. The van der Waals surface area contributed by atoms with E-state index in [1.165, 1.54) is 12.1 Å². The van der Waals surface area contributed by atoms with Crippen LogP contribution in [-0.4, -0.2) is 20.6 Å². The molecule has 1 atom stereocenters. The van der Waals surface area contributed by atoms with Crippen molar-refractivity contribution in [3.05, 3.63) is 75.8 Å². The summed E-state index contributed by atoms with van der Waals surface area (Å²) in [4.78, 5) is 28.7. The summed E-state index contributed by atoms with van der Waals surface area (Å²) in [5.41, 5.74) is 2.51. The van der Waals surface area contributed by atoms with E-state index < -0.39 is 5.97 Å². The van der Waals surface area contributed by atoms with Crippen molar-refractivity contribution >= 4 is 28.5 Å². The highest BCUT2D eigenvalue weighted by atomic mass is 16.4. The molecule has 0 saturated carbocycles. The second kappa shape index (κ2) is 5.70. The van der Waals surface area contributed by atoms with Gasteiger partial charge in [-0.2, -0.15) is 0 Å². The number of carbonyl (C=O) groups is 1. The molecule has 0 fully saturated rings. The Kier molecular flexibility index (Phi) is 3.50. The van der Waals surface area contributed by atoms with E-state index >= 15 is 0 Å². The molecule has 3 aromatic rings. The minimum absolute atomic E-state index is 0.0113. The largest absolute Gasteiger partial charge is 0.478 e. The number of carboxylic acid groups (broad SMARTS) is 1. The summed E-state index contributed by atoms with van der Waals surface area (Å²) in [5, 5.41) is 9.49. The van der Waals surface area contributed by atoms with Crippen LogP contribution in [-0.2, 0) is 0 Å². The van der Waals surface area contributed by atoms with Crippen LogP contribution in [0.4, 0.5) is 0 Å². The maximum atomic E-state index is 12.9. The summed E-state index contributed by atoms with van der Waals surface area (Å²) >= 11 is 0. The average Bonchev–Trinajstić information content (AvgIpc) is 2.91. The van der Waals surface area contributed by atoms with Crippen LogP contribution in [0.5, 0.6) is 0 Å². The zero-order chi connectivity index (χ0) is 17.6. The fraction of sp³-hybridized carbons (Fsp3) is 0.150. The molecule has 2 heterocycles. The average molecular weight is 332 g/mol. The molecule has 0 spiro atoms. The van der Waals surface area contributed by atoms with Crippen molar-refractivity contribution in [1.82, 2.24) is 9.55 Å². The van der Waals surface area contributed by atoms with Gasteiger partial charge in [0.15, 0.2) is 0 Å². The Morgan fingerprint density at radius 2 is 2.00 bits per heavy atom. The number of fused-ring (bicyclic) bond motifs is 2. The molecule has 2 aromatic carbocycles. The van der Waals surface area contributed by atoms with Crippen LogP contribution in [0, 0.1) is 0 Å². The van der Waals surface area contributed by atoms with Gasteiger partial charge in [-0.1, -0.05) is 30.3 Å². The van der Waals surface area contributed by atoms with Gasteiger partial charge in [-0.15, -0.1) is 0 Å². The number of rotatable bonds is 2. The van der Waals surface area contributed by atoms with Gasteiger partial charge in [0.25, 0.3) is 5.56 Å². The van der Waals surface area contributed by atoms with Crippen molar-refractivity contribution < 1.29 is 9.90 Å². The number of benzene rings is 2. The summed E-state index contributed by atoms with van der Waals surface area (Å²) in [6, 6.07) is 14.4. The first-order valence-corrected chi connectivity index (χ1v) is 8.10. The number of allylic oxidation sites excluding steroid dienone is 1. The van der Waals surface area contributed by atoms with Crippen molar-refractivity contribution in [2.45, 2.75) is 19.4 Å². The number of hydrogen-bond acceptors (Lipinski definition) is 3. The van der Waals surface area contributed by atoms with Gasteiger partial charge in [0, 0.05) is 6.04 Å². The van der Waals surface area contributed by atoms with Crippen molar-refractivity contribution in [3.63, 3.8) is 0 Å². The molecule has 1 aliphatic heterocycles. The van der Waals surface area contributed by atoms with Crippen molar-refractivity contribution in [2.24, 2.45) is 0 Å². The van der Waals surface area contributed by atoms with E-state index in [1.807, 2.05) is 37.3 Å². The molecule has 1 aliphatic rings. The van der Waals surface area contributed by atoms with Crippen LogP contribution in [0.2, 0.25) is 0 Å². The third kappa shape index (κ3) is 2.54. The lowest BCUT2D eigenvalue weighted by Crippen LogP contribution is -2.23. The highest BCUT2D eigenvalue weighted by Crippen LogP contribution is 2.34. The van der Waals surface area contributed by atoms with E-state index in [0.29, 0.717) is 16.7 Å². The lowest BCUT2D eigenvalue weighted by molar-refractivity contribution is 0.0697. The van der Waals surface area contributed by atoms with Crippen molar-refractivity contribution in [3.8, 4) is 0 Å². The van der Waals surface area contributed by atoms with Gasteiger partial charge < -0.3 is 5.11 Å². The van der Waals surface area contributed by atoms with Crippen LogP contribution in [0.3, 0.4) is 0 Å². The zero-order valence-electron chi connectivity index (χ0n) is 13.6. The standard InChI is InChI=1S/C20H16N2O3/c1-12-9-15(10-13-5-3-2-4-6-13)18-21-17-8-7-14(20(24)25)11-16(17)19(23)22(12)18/h2-8,10-12H,9H2,1H3,(H,24,25). The Morgan fingerprint density at radius 1 is 1.24 bits per heavy atom. The summed E-state index contributed by atoms with van der Waals surface area (Å²) in [6.45, 7) is 1.98. The molecule has 5 heteroatoms. The molecule has 4 rings (SSSR count). The molecule has 124 valence electrons. The Morgan fingerprint density at radius 3 is 2.72 bits per heavy atom. The van der Waals surface area contributed by atoms with E-state index in [4.69, 9.17) is 5.11 Å². The molecule has 1 N–H and O–H groups in total. The number of aromatic nitrogens is 2. The predicted molar refractivity (Wildman–Crippen MR) is 96.6 cm³/mol. The Balaban J connectivity index is 1.94. The Labute approximate surface area is 143 Å². The SMILES string of the molecule is CC1CC(=Cc2ccccc2)c2nc3ccc(C(=O)O)cc3c(=O)n21. The molecular formula is C20H16N2O3. The first-order chi connectivity index (χ1) is 12.0. The molecule has 0 aliphatic carbocycles. The van der Waals surface area contributed by atoms with Crippen LogP contribution in [0.15, 0.2) is 53.3 Å². The van der Waals surface area contributed by atoms with Crippen molar-refractivity contribution in [1.29, 1.82) is 0 Å². The molecule has 0 radical (unpaired) electrons. The molecule has 5 nitrogen and oxygen atoms in total. The first-order valence-electron chi connectivity index (χ1n) is 8.10.